The maximum absolute atomic E-state index is 14.0. The Hall–Kier alpha value is -1.73. The van der Waals surface area contributed by atoms with E-state index < -0.39 is 5.82 Å². The number of aromatic nitrogens is 2. The molecule has 1 aromatic carbocycles. The lowest BCUT2D eigenvalue weighted by molar-refractivity contribution is -0.122. The summed E-state index contributed by atoms with van der Waals surface area (Å²) in [4.78, 5) is 26.6. The van der Waals surface area contributed by atoms with Crippen LogP contribution in [0.5, 0.6) is 0 Å². The molecule has 2 heterocycles. The molecule has 2 fully saturated rings. The van der Waals surface area contributed by atoms with Gasteiger partial charge >= 0.3 is 0 Å². The highest BCUT2D eigenvalue weighted by molar-refractivity contribution is 9.10. The van der Waals surface area contributed by atoms with Gasteiger partial charge in [0.2, 0.25) is 11.8 Å². The lowest BCUT2D eigenvalue weighted by Gasteiger charge is -2.19. The van der Waals surface area contributed by atoms with Gasteiger partial charge in [0.1, 0.15) is 5.82 Å². The number of fused-ring (bicyclic) bond motifs is 1. The molecule has 0 N–H and O–H groups in total. The summed E-state index contributed by atoms with van der Waals surface area (Å²) in [6.07, 6.45) is 5.05. The Kier molecular flexibility index (Phi) is 4.61. The summed E-state index contributed by atoms with van der Waals surface area (Å²) in [6, 6.07) is 4.48. The van der Waals surface area contributed by atoms with Crippen LogP contribution in [-0.2, 0) is 16.1 Å². The first-order valence-electron chi connectivity index (χ1n) is 8.51. The number of amides is 2. The number of nitrogens with zero attached hydrogens (tertiary/aromatic N) is 3. The lowest BCUT2D eigenvalue weighted by atomic mass is 9.81. The van der Waals surface area contributed by atoms with Crippen LogP contribution < -0.4 is 4.90 Å². The summed E-state index contributed by atoms with van der Waals surface area (Å²) >= 11 is 9.45. The zero-order valence-corrected chi connectivity index (χ0v) is 16.1. The minimum absolute atomic E-state index is 0.104. The molecule has 0 spiro atoms. The number of carbonyl (C=O) groups excluding carboxylic acids is 2. The van der Waals surface area contributed by atoms with Crippen molar-refractivity contribution in [2.45, 2.75) is 32.2 Å². The summed E-state index contributed by atoms with van der Waals surface area (Å²) in [5, 5.41) is 4.66. The number of benzene rings is 1. The van der Waals surface area contributed by atoms with Gasteiger partial charge in [0, 0.05) is 16.8 Å². The number of hydrogen-bond acceptors (Lipinski definition) is 3. The van der Waals surface area contributed by atoms with E-state index in [1.54, 1.807) is 12.3 Å². The van der Waals surface area contributed by atoms with Crippen LogP contribution in [0.2, 0.25) is 5.02 Å². The van der Waals surface area contributed by atoms with Gasteiger partial charge in [0.15, 0.2) is 5.82 Å². The number of rotatable bonds is 3. The Labute approximate surface area is 163 Å². The van der Waals surface area contributed by atoms with E-state index in [4.69, 9.17) is 11.6 Å². The smallest absolute Gasteiger partial charge is 0.238 e. The van der Waals surface area contributed by atoms with Crippen molar-refractivity contribution in [3.05, 3.63) is 45.3 Å². The number of halogens is 3. The number of carbonyl (C=O) groups is 2. The molecule has 26 heavy (non-hydrogen) atoms. The molecule has 2 atom stereocenters. The molecule has 2 amide bonds. The monoisotopic (exact) mass is 439 g/mol. The summed E-state index contributed by atoms with van der Waals surface area (Å²) in [6.45, 7) is 0.104. The van der Waals surface area contributed by atoms with Gasteiger partial charge in [-0.25, -0.2) is 9.29 Å². The van der Waals surface area contributed by atoms with E-state index in [0.717, 1.165) is 25.7 Å². The van der Waals surface area contributed by atoms with Crippen LogP contribution in [-0.4, -0.2) is 21.6 Å². The Balaban J connectivity index is 1.65. The number of imide groups is 1. The van der Waals surface area contributed by atoms with Crippen LogP contribution in [0.3, 0.4) is 0 Å². The van der Waals surface area contributed by atoms with Gasteiger partial charge < -0.3 is 0 Å². The van der Waals surface area contributed by atoms with Gasteiger partial charge in [-0.05, 0) is 40.9 Å². The second kappa shape index (κ2) is 6.78. The first-order chi connectivity index (χ1) is 12.5. The van der Waals surface area contributed by atoms with Crippen molar-refractivity contribution in [2.75, 3.05) is 4.90 Å². The highest BCUT2D eigenvalue weighted by atomic mass is 79.9. The fraction of sp³-hybridized carbons (Fsp3) is 0.389. The van der Waals surface area contributed by atoms with Gasteiger partial charge in [-0.2, -0.15) is 5.10 Å². The number of hydrogen-bond donors (Lipinski definition) is 0. The van der Waals surface area contributed by atoms with Crippen LogP contribution in [0.4, 0.5) is 10.2 Å². The first kappa shape index (κ1) is 17.7. The summed E-state index contributed by atoms with van der Waals surface area (Å²) in [7, 11) is 0. The van der Waals surface area contributed by atoms with Crippen LogP contribution in [0, 0.1) is 17.7 Å². The van der Waals surface area contributed by atoms with Gasteiger partial charge in [-0.1, -0.05) is 30.5 Å². The minimum atomic E-state index is -0.426. The van der Waals surface area contributed by atoms with Crippen LogP contribution in [0.15, 0.2) is 28.9 Å². The standard InChI is InChI=1S/C18H16BrClFN3O2/c19-13-9-23(8-12-14(20)6-3-7-15(12)21)22-16(13)24-17(25)10-4-1-2-5-11(10)18(24)26/h3,6-7,9-11H,1-2,4-5,8H2/t10-,11-/m0/s1. The zero-order chi connectivity index (χ0) is 18.4. The van der Waals surface area contributed by atoms with Gasteiger partial charge in [-0.3, -0.25) is 14.3 Å². The van der Waals surface area contributed by atoms with Crippen LogP contribution in [0.25, 0.3) is 0 Å². The van der Waals surface area contributed by atoms with Crippen molar-refractivity contribution in [3.8, 4) is 0 Å². The van der Waals surface area contributed by atoms with Crippen LogP contribution >= 0.6 is 27.5 Å². The zero-order valence-electron chi connectivity index (χ0n) is 13.8. The van der Waals surface area contributed by atoms with E-state index in [-0.39, 0.29) is 36.0 Å². The second-order valence-corrected chi connectivity index (χ2v) is 7.97. The molecule has 0 bridgehead atoms. The van der Waals surface area contributed by atoms with E-state index in [9.17, 15) is 14.0 Å². The molecule has 2 aromatic rings. The predicted molar refractivity (Wildman–Crippen MR) is 98.4 cm³/mol. The van der Waals surface area contributed by atoms with Gasteiger partial charge in [0.25, 0.3) is 0 Å². The molecule has 1 aromatic heterocycles. The summed E-state index contributed by atoms with van der Waals surface area (Å²) in [5.74, 6) is -1.01. The third-order valence-electron chi connectivity index (χ3n) is 5.13. The molecule has 1 aliphatic heterocycles. The molecule has 1 saturated heterocycles. The van der Waals surface area contributed by atoms with E-state index in [1.165, 1.54) is 21.7 Å². The lowest BCUT2D eigenvalue weighted by Crippen LogP contribution is -2.31. The molecule has 2 aliphatic rings. The average molecular weight is 441 g/mol. The molecule has 5 nitrogen and oxygen atoms in total. The molecule has 0 unspecified atom stereocenters. The Morgan fingerprint density at radius 2 is 1.85 bits per heavy atom. The van der Waals surface area contributed by atoms with Gasteiger partial charge in [0.05, 0.1) is 22.9 Å². The third-order valence-corrected chi connectivity index (χ3v) is 6.05. The fourth-order valence-corrected chi connectivity index (χ4v) is 4.55. The highest BCUT2D eigenvalue weighted by Crippen LogP contribution is 2.41. The molecule has 1 saturated carbocycles. The third kappa shape index (κ3) is 2.87. The Morgan fingerprint density at radius 1 is 1.19 bits per heavy atom. The van der Waals surface area contributed by atoms with Crippen molar-refractivity contribution in [1.29, 1.82) is 0 Å². The summed E-state index contributed by atoms with van der Waals surface area (Å²) < 4.78 is 16.0. The molecule has 4 rings (SSSR count). The second-order valence-electron chi connectivity index (χ2n) is 6.71. The van der Waals surface area contributed by atoms with Crippen molar-refractivity contribution in [2.24, 2.45) is 11.8 Å². The molecule has 0 radical (unpaired) electrons. The predicted octanol–water partition coefficient (Wildman–Crippen LogP) is 4.17. The summed E-state index contributed by atoms with van der Waals surface area (Å²) in [5.41, 5.74) is 0.309. The van der Waals surface area contributed by atoms with Crippen molar-refractivity contribution >= 4 is 45.2 Å². The number of anilines is 1. The molecule has 136 valence electrons. The SMILES string of the molecule is O=C1[C@H]2CCCC[C@@H]2C(=O)N1c1nn(Cc2c(F)cccc2Cl)cc1Br. The van der Waals surface area contributed by atoms with E-state index in [1.807, 2.05) is 0 Å². The molecular formula is C18H16BrClFN3O2. The average Bonchev–Trinajstić information content (AvgIpc) is 3.09. The van der Waals surface area contributed by atoms with Crippen molar-refractivity contribution in [3.63, 3.8) is 0 Å². The highest BCUT2D eigenvalue weighted by Gasteiger charge is 2.50. The molecular weight excluding hydrogens is 425 g/mol. The van der Waals surface area contributed by atoms with Crippen LogP contribution in [0.1, 0.15) is 31.2 Å². The largest absolute Gasteiger partial charge is 0.274 e. The normalized spacial score (nSPS) is 22.8. The van der Waals surface area contributed by atoms with E-state index in [2.05, 4.69) is 21.0 Å². The minimum Gasteiger partial charge on any atom is -0.274 e. The van der Waals surface area contributed by atoms with Gasteiger partial charge in [-0.15, -0.1) is 0 Å². The molecule has 1 aliphatic carbocycles. The Bertz CT molecular complexity index is 856. The van der Waals surface area contributed by atoms with Crippen molar-refractivity contribution < 1.29 is 14.0 Å². The molecule has 8 heteroatoms. The van der Waals surface area contributed by atoms with E-state index >= 15 is 0 Å². The van der Waals surface area contributed by atoms with Crippen molar-refractivity contribution in [1.82, 2.24) is 9.78 Å². The first-order valence-corrected chi connectivity index (χ1v) is 9.68. The quantitative estimate of drug-likeness (QED) is 0.673. The fourth-order valence-electron chi connectivity index (χ4n) is 3.84. The maximum Gasteiger partial charge on any atom is 0.238 e. The van der Waals surface area contributed by atoms with E-state index in [0.29, 0.717) is 15.1 Å². The topological polar surface area (TPSA) is 55.2 Å². The maximum atomic E-state index is 14.0. The Morgan fingerprint density at radius 3 is 2.46 bits per heavy atom.